The zero-order valence-electron chi connectivity index (χ0n) is 12.2. The molecule has 2 heterocycles. The number of pyridine rings is 1. The minimum atomic E-state index is 0.401. The fourth-order valence-corrected chi connectivity index (χ4v) is 2.38. The minimum Gasteiger partial charge on any atom is -0.389 e. The number of aromatic nitrogens is 1. The van der Waals surface area contributed by atoms with E-state index in [1.54, 1.807) is 6.20 Å². The van der Waals surface area contributed by atoms with Gasteiger partial charge in [0.1, 0.15) is 10.8 Å². The van der Waals surface area contributed by atoms with E-state index in [4.69, 9.17) is 18.0 Å². The lowest BCUT2D eigenvalue weighted by atomic mass is 10.2. The molecule has 0 spiro atoms. The van der Waals surface area contributed by atoms with Crippen LogP contribution < -0.4 is 10.6 Å². The summed E-state index contributed by atoms with van der Waals surface area (Å²) in [5.74, 6) is 1.01. The number of nitrogens with zero attached hydrogens (tertiary/aromatic N) is 4. The predicted molar refractivity (Wildman–Crippen MR) is 87.3 cm³/mol. The third-order valence-corrected chi connectivity index (χ3v) is 3.83. The van der Waals surface area contributed by atoms with Gasteiger partial charge in [0, 0.05) is 51.0 Å². The van der Waals surface area contributed by atoms with Crippen LogP contribution in [0, 0.1) is 0 Å². The van der Waals surface area contributed by atoms with E-state index in [0.29, 0.717) is 4.99 Å². The van der Waals surface area contributed by atoms with Gasteiger partial charge in [-0.3, -0.25) is 4.90 Å². The first-order valence-corrected chi connectivity index (χ1v) is 7.35. The summed E-state index contributed by atoms with van der Waals surface area (Å²) in [4.78, 5) is 11.9. The van der Waals surface area contributed by atoms with Crippen molar-refractivity contribution in [2.75, 3.05) is 58.3 Å². The number of likely N-dealkylation sites (N-methyl/N-ethyl adjacent to an activating group) is 1. The summed E-state index contributed by atoms with van der Waals surface area (Å²) in [7, 11) is 4.23. The van der Waals surface area contributed by atoms with Gasteiger partial charge in [-0.05, 0) is 26.2 Å². The highest BCUT2D eigenvalue weighted by Gasteiger charge is 2.17. The predicted octanol–water partition coefficient (Wildman–Crippen LogP) is 0.399. The first-order valence-electron chi connectivity index (χ1n) is 6.94. The topological polar surface area (TPSA) is 48.6 Å². The van der Waals surface area contributed by atoms with Crippen molar-refractivity contribution >= 4 is 23.0 Å². The smallest absolute Gasteiger partial charge is 0.128 e. The van der Waals surface area contributed by atoms with E-state index in [2.05, 4.69) is 33.8 Å². The molecule has 2 N–H and O–H groups in total. The molecule has 0 radical (unpaired) electrons. The first-order chi connectivity index (χ1) is 9.56. The van der Waals surface area contributed by atoms with Crippen LogP contribution in [0.1, 0.15) is 5.56 Å². The van der Waals surface area contributed by atoms with Crippen LogP contribution in [-0.2, 0) is 0 Å². The normalized spacial score (nSPS) is 16.6. The number of anilines is 1. The average Bonchev–Trinajstić information content (AvgIpc) is 2.46. The number of thiocarbonyl (C=S) groups is 1. The Morgan fingerprint density at radius 2 is 2.00 bits per heavy atom. The summed E-state index contributed by atoms with van der Waals surface area (Å²) in [6.07, 6.45) is 1.76. The Bertz CT molecular complexity index is 437. The van der Waals surface area contributed by atoms with E-state index in [0.717, 1.165) is 50.6 Å². The molecule has 0 atom stereocenters. The second-order valence-corrected chi connectivity index (χ2v) is 5.84. The van der Waals surface area contributed by atoms with Gasteiger partial charge in [-0.1, -0.05) is 12.2 Å². The molecule has 20 heavy (non-hydrogen) atoms. The maximum atomic E-state index is 5.59. The Morgan fingerprint density at radius 3 is 2.50 bits per heavy atom. The highest BCUT2D eigenvalue weighted by atomic mass is 32.1. The molecule has 1 aliphatic heterocycles. The van der Waals surface area contributed by atoms with E-state index in [-0.39, 0.29) is 0 Å². The van der Waals surface area contributed by atoms with Gasteiger partial charge in [0.25, 0.3) is 0 Å². The van der Waals surface area contributed by atoms with Crippen LogP contribution >= 0.6 is 12.2 Å². The van der Waals surface area contributed by atoms with Crippen molar-refractivity contribution in [3.63, 3.8) is 0 Å². The summed E-state index contributed by atoms with van der Waals surface area (Å²) >= 11 is 4.94. The van der Waals surface area contributed by atoms with Gasteiger partial charge in [-0.25, -0.2) is 4.98 Å². The number of rotatable bonds is 5. The number of hydrogen-bond acceptors (Lipinski definition) is 5. The van der Waals surface area contributed by atoms with Crippen molar-refractivity contribution in [2.24, 2.45) is 5.73 Å². The van der Waals surface area contributed by atoms with Crippen LogP contribution in [0.3, 0.4) is 0 Å². The number of hydrogen-bond donors (Lipinski definition) is 1. The molecule has 2 rings (SSSR count). The standard InChI is InChI=1S/C14H23N5S/c1-17(2)5-6-18-7-9-19(10-8-18)13-4-3-12(11-16-13)14(15)20/h3-4,11H,5-10H2,1-2H3,(H2,15,20). The Labute approximate surface area is 126 Å². The minimum absolute atomic E-state index is 0.401. The molecule has 1 fully saturated rings. The lowest BCUT2D eigenvalue weighted by Gasteiger charge is -2.35. The average molecular weight is 293 g/mol. The Balaban J connectivity index is 1.85. The summed E-state index contributed by atoms with van der Waals surface area (Å²) in [6, 6.07) is 3.95. The van der Waals surface area contributed by atoms with Crippen molar-refractivity contribution in [3.05, 3.63) is 23.9 Å². The van der Waals surface area contributed by atoms with E-state index in [1.165, 1.54) is 0 Å². The van der Waals surface area contributed by atoms with Gasteiger partial charge in [-0.15, -0.1) is 0 Å². The van der Waals surface area contributed by atoms with Gasteiger partial charge >= 0.3 is 0 Å². The molecule has 0 aromatic carbocycles. The summed E-state index contributed by atoms with van der Waals surface area (Å²) in [5, 5.41) is 0. The van der Waals surface area contributed by atoms with E-state index < -0.39 is 0 Å². The molecule has 5 nitrogen and oxygen atoms in total. The van der Waals surface area contributed by atoms with Crippen molar-refractivity contribution in [1.82, 2.24) is 14.8 Å². The zero-order valence-corrected chi connectivity index (χ0v) is 13.1. The molecule has 0 saturated carbocycles. The molecule has 1 saturated heterocycles. The highest BCUT2D eigenvalue weighted by molar-refractivity contribution is 7.80. The van der Waals surface area contributed by atoms with Crippen molar-refractivity contribution in [2.45, 2.75) is 0 Å². The summed E-state index contributed by atoms with van der Waals surface area (Å²) < 4.78 is 0. The van der Waals surface area contributed by atoms with Gasteiger partial charge < -0.3 is 15.5 Å². The molecule has 0 aliphatic carbocycles. The fourth-order valence-electron chi connectivity index (χ4n) is 2.26. The summed E-state index contributed by atoms with van der Waals surface area (Å²) in [6.45, 7) is 6.47. The molecule has 0 unspecified atom stereocenters. The quantitative estimate of drug-likeness (QED) is 0.793. The van der Waals surface area contributed by atoms with E-state index in [9.17, 15) is 0 Å². The maximum Gasteiger partial charge on any atom is 0.128 e. The molecular formula is C14H23N5S. The Hall–Kier alpha value is -1.24. The third kappa shape index (κ3) is 4.13. The maximum absolute atomic E-state index is 5.59. The monoisotopic (exact) mass is 293 g/mol. The molecule has 0 bridgehead atoms. The molecular weight excluding hydrogens is 270 g/mol. The van der Waals surface area contributed by atoms with Gasteiger partial charge in [0.2, 0.25) is 0 Å². The SMILES string of the molecule is CN(C)CCN1CCN(c2ccc(C(N)=S)cn2)CC1. The number of nitrogens with two attached hydrogens (primary N) is 1. The highest BCUT2D eigenvalue weighted by Crippen LogP contribution is 2.14. The third-order valence-electron chi connectivity index (χ3n) is 3.59. The van der Waals surface area contributed by atoms with E-state index in [1.807, 2.05) is 12.1 Å². The second kappa shape index (κ2) is 6.97. The van der Waals surface area contributed by atoms with Crippen molar-refractivity contribution in [3.8, 4) is 0 Å². The van der Waals surface area contributed by atoms with Gasteiger partial charge in [-0.2, -0.15) is 0 Å². The van der Waals surface area contributed by atoms with E-state index >= 15 is 0 Å². The largest absolute Gasteiger partial charge is 0.389 e. The van der Waals surface area contributed by atoms with Crippen LogP contribution in [0.4, 0.5) is 5.82 Å². The van der Waals surface area contributed by atoms with Gasteiger partial charge in [0.05, 0.1) is 0 Å². The Morgan fingerprint density at radius 1 is 1.30 bits per heavy atom. The lowest BCUT2D eigenvalue weighted by Crippen LogP contribution is -2.48. The molecule has 1 aromatic rings. The van der Waals surface area contributed by atoms with Crippen LogP contribution in [0.15, 0.2) is 18.3 Å². The van der Waals surface area contributed by atoms with Crippen molar-refractivity contribution < 1.29 is 0 Å². The summed E-state index contributed by atoms with van der Waals surface area (Å²) in [5.41, 5.74) is 6.41. The Kier molecular flexibility index (Phi) is 5.28. The second-order valence-electron chi connectivity index (χ2n) is 5.40. The molecule has 6 heteroatoms. The fraction of sp³-hybridized carbons (Fsp3) is 0.571. The zero-order chi connectivity index (χ0) is 14.5. The van der Waals surface area contributed by atoms with Gasteiger partial charge in [0.15, 0.2) is 0 Å². The molecule has 110 valence electrons. The van der Waals surface area contributed by atoms with Crippen LogP contribution in [0.25, 0.3) is 0 Å². The lowest BCUT2D eigenvalue weighted by molar-refractivity contribution is 0.229. The van der Waals surface area contributed by atoms with Crippen LogP contribution in [-0.4, -0.2) is 73.1 Å². The van der Waals surface area contributed by atoms with Crippen LogP contribution in [0.5, 0.6) is 0 Å². The molecule has 0 amide bonds. The first kappa shape index (κ1) is 15.2. The van der Waals surface area contributed by atoms with Crippen molar-refractivity contribution in [1.29, 1.82) is 0 Å². The molecule has 1 aliphatic rings. The molecule has 1 aromatic heterocycles. The number of piperazine rings is 1. The van der Waals surface area contributed by atoms with Crippen LogP contribution in [0.2, 0.25) is 0 Å².